The fourth-order valence-corrected chi connectivity index (χ4v) is 3.39. The van der Waals surface area contributed by atoms with Crippen molar-refractivity contribution in [3.05, 3.63) is 59.2 Å². The summed E-state index contributed by atoms with van der Waals surface area (Å²) in [4.78, 5) is 14.7. The van der Waals surface area contributed by atoms with Gasteiger partial charge in [-0.3, -0.25) is 9.69 Å². The largest absolute Gasteiger partial charge is 0.497 e. The van der Waals surface area contributed by atoms with Crippen LogP contribution < -0.4 is 14.8 Å². The number of nitrogens with one attached hydrogen (secondary N) is 1. The van der Waals surface area contributed by atoms with Crippen LogP contribution in [0.2, 0.25) is 0 Å². The van der Waals surface area contributed by atoms with E-state index in [1.165, 1.54) is 5.56 Å². The molecule has 1 atom stereocenters. The lowest BCUT2D eigenvalue weighted by atomic mass is 10.0. The van der Waals surface area contributed by atoms with Gasteiger partial charge in [0, 0.05) is 19.6 Å². The van der Waals surface area contributed by atoms with Crippen LogP contribution in [0.3, 0.4) is 0 Å². The molecule has 0 aromatic heterocycles. The van der Waals surface area contributed by atoms with E-state index in [4.69, 9.17) is 14.2 Å². The summed E-state index contributed by atoms with van der Waals surface area (Å²) in [5.74, 6) is 1.40. The highest BCUT2D eigenvalue weighted by Gasteiger charge is 2.23. The molecule has 0 aliphatic carbocycles. The molecule has 6 heteroatoms. The molecule has 1 heterocycles. The van der Waals surface area contributed by atoms with Crippen LogP contribution in [0, 0.1) is 13.8 Å². The SMILES string of the molecule is COc1ccc([C@@H](CNC(=O)COc2ccc(C)c(C)c2)N2CCOCC2)cc1. The van der Waals surface area contributed by atoms with Crippen LogP contribution in [0.4, 0.5) is 0 Å². The summed E-state index contributed by atoms with van der Waals surface area (Å²) >= 11 is 0. The number of benzene rings is 2. The van der Waals surface area contributed by atoms with Gasteiger partial charge in [-0.1, -0.05) is 18.2 Å². The number of carbonyl (C=O) groups is 1. The van der Waals surface area contributed by atoms with E-state index in [-0.39, 0.29) is 18.6 Å². The maximum atomic E-state index is 12.4. The molecule has 1 N–H and O–H groups in total. The lowest BCUT2D eigenvalue weighted by molar-refractivity contribution is -0.123. The van der Waals surface area contributed by atoms with Gasteiger partial charge in [0.05, 0.1) is 26.4 Å². The van der Waals surface area contributed by atoms with Crippen molar-refractivity contribution in [2.24, 2.45) is 0 Å². The van der Waals surface area contributed by atoms with Crippen molar-refractivity contribution in [2.45, 2.75) is 19.9 Å². The molecule has 0 bridgehead atoms. The van der Waals surface area contributed by atoms with Crippen LogP contribution in [-0.4, -0.2) is 57.4 Å². The molecular formula is C23H30N2O4. The minimum Gasteiger partial charge on any atom is -0.497 e. The van der Waals surface area contributed by atoms with Gasteiger partial charge in [-0.2, -0.15) is 0 Å². The molecule has 0 spiro atoms. The summed E-state index contributed by atoms with van der Waals surface area (Å²) in [5.41, 5.74) is 3.49. The highest BCUT2D eigenvalue weighted by Crippen LogP contribution is 2.23. The van der Waals surface area contributed by atoms with Crippen LogP contribution >= 0.6 is 0 Å². The van der Waals surface area contributed by atoms with Gasteiger partial charge in [-0.05, 0) is 54.8 Å². The first kappa shape index (κ1) is 21.1. The van der Waals surface area contributed by atoms with E-state index in [1.54, 1.807) is 7.11 Å². The highest BCUT2D eigenvalue weighted by atomic mass is 16.5. The van der Waals surface area contributed by atoms with Crippen molar-refractivity contribution >= 4 is 5.91 Å². The van der Waals surface area contributed by atoms with Gasteiger partial charge < -0.3 is 19.5 Å². The monoisotopic (exact) mass is 398 g/mol. The van der Waals surface area contributed by atoms with E-state index in [0.717, 1.165) is 30.0 Å². The summed E-state index contributed by atoms with van der Waals surface area (Å²) in [7, 11) is 1.66. The Labute approximate surface area is 172 Å². The first-order chi connectivity index (χ1) is 14.1. The average molecular weight is 399 g/mol. The second-order valence-corrected chi connectivity index (χ2v) is 7.28. The molecule has 6 nitrogen and oxygen atoms in total. The maximum Gasteiger partial charge on any atom is 0.258 e. The molecule has 29 heavy (non-hydrogen) atoms. The third kappa shape index (κ3) is 5.95. The van der Waals surface area contributed by atoms with E-state index < -0.39 is 0 Å². The predicted octanol–water partition coefficient (Wildman–Crippen LogP) is 2.88. The van der Waals surface area contributed by atoms with Gasteiger partial charge in [0.15, 0.2) is 6.61 Å². The number of hydrogen-bond donors (Lipinski definition) is 1. The van der Waals surface area contributed by atoms with E-state index in [0.29, 0.717) is 25.5 Å². The zero-order chi connectivity index (χ0) is 20.6. The molecule has 156 valence electrons. The Morgan fingerprint density at radius 2 is 1.76 bits per heavy atom. The Bertz CT molecular complexity index is 801. The second kappa shape index (κ2) is 10.3. The Hall–Kier alpha value is -2.57. The first-order valence-corrected chi connectivity index (χ1v) is 9.99. The molecule has 2 aromatic rings. The average Bonchev–Trinajstić information content (AvgIpc) is 2.76. The van der Waals surface area contributed by atoms with E-state index in [1.807, 2.05) is 37.3 Å². The van der Waals surface area contributed by atoms with Crippen molar-refractivity contribution in [1.82, 2.24) is 10.2 Å². The van der Waals surface area contributed by atoms with Gasteiger partial charge in [0.1, 0.15) is 11.5 Å². The molecule has 3 rings (SSSR count). The second-order valence-electron chi connectivity index (χ2n) is 7.28. The number of methoxy groups -OCH3 is 1. The Balaban J connectivity index is 1.59. The summed E-state index contributed by atoms with van der Waals surface area (Å²) < 4.78 is 16.4. The number of nitrogens with zero attached hydrogens (tertiary/aromatic N) is 1. The topological polar surface area (TPSA) is 60.0 Å². The zero-order valence-electron chi connectivity index (χ0n) is 17.4. The molecule has 1 aliphatic rings. The van der Waals surface area contributed by atoms with Crippen LogP contribution in [-0.2, 0) is 9.53 Å². The van der Waals surface area contributed by atoms with Gasteiger partial charge >= 0.3 is 0 Å². The molecule has 1 saturated heterocycles. The first-order valence-electron chi connectivity index (χ1n) is 9.99. The molecule has 1 fully saturated rings. The number of amides is 1. The maximum absolute atomic E-state index is 12.4. The standard InChI is InChI=1S/C23H30N2O4/c1-17-4-7-21(14-18(17)2)29-16-23(26)24-15-22(25-10-12-28-13-11-25)19-5-8-20(27-3)9-6-19/h4-9,14,22H,10-13,15-16H2,1-3H3,(H,24,26)/t22-/m1/s1. The van der Waals surface area contributed by atoms with Crippen molar-refractivity contribution < 1.29 is 19.0 Å². The third-order valence-corrected chi connectivity index (χ3v) is 5.33. The number of hydrogen-bond acceptors (Lipinski definition) is 5. The van der Waals surface area contributed by atoms with Crippen molar-refractivity contribution in [2.75, 3.05) is 46.6 Å². The lowest BCUT2D eigenvalue weighted by Gasteiger charge is -2.35. The van der Waals surface area contributed by atoms with Gasteiger partial charge in [0.25, 0.3) is 5.91 Å². The Morgan fingerprint density at radius 1 is 1.07 bits per heavy atom. The van der Waals surface area contributed by atoms with Crippen molar-refractivity contribution in [1.29, 1.82) is 0 Å². The minimum atomic E-state index is -0.130. The fourth-order valence-electron chi connectivity index (χ4n) is 3.39. The van der Waals surface area contributed by atoms with E-state index in [2.05, 4.69) is 29.3 Å². The van der Waals surface area contributed by atoms with Crippen molar-refractivity contribution in [3.63, 3.8) is 0 Å². The van der Waals surface area contributed by atoms with Gasteiger partial charge in [0.2, 0.25) is 0 Å². The summed E-state index contributed by atoms with van der Waals surface area (Å²) in [6, 6.07) is 13.9. The molecule has 2 aromatic carbocycles. The van der Waals surface area contributed by atoms with Crippen LogP contribution in [0.1, 0.15) is 22.7 Å². The molecule has 0 unspecified atom stereocenters. The molecule has 1 aliphatic heterocycles. The highest BCUT2D eigenvalue weighted by molar-refractivity contribution is 5.77. The predicted molar refractivity (Wildman–Crippen MR) is 113 cm³/mol. The van der Waals surface area contributed by atoms with E-state index in [9.17, 15) is 4.79 Å². The molecule has 1 amide bonds. The number of carbonyl (C=O) groups excluding carboxylic acids is 1. The smallest absolute Gasteiger partial charge is 0.258 e. The summed E-state index contributed by atoms with van der Waals surface area (Å²) in [6.07, 6.45) is 0. The summed E-state index contributed by atoms with van der Waals surface area (Å²) in [5, 5.41) is 3.03. The Kier molecular flexibility index (Phi) is 7.49. The minimum absolute atomic E-state index is 0.000937. The van der Waals surface area contributed by atoms with Crippen LogP contribution in [0.15, 0.2) is 42.5 Å². The third-order valence-electron chi connectivity index (χ3n) is 5.33. The Morgan fingerprint density at radius 3 is 2.41 bits per heavy atom. The number of ether oxygens (including phenoxy) is 3. The van der Waals surface area contributed by atoms with Gasteiger partial charge in [-0.15, -0.1) is 0 Å². The number of aryl methyl sites for hydroxylation is 2. The fraction of sp³-hybridized carbons (Fsp3) is 0.435. The van der Waals surface area contributed by atoms with Gasteiger partial charge in [-0.25, -0.2) is 0 Å². The van der Waals surface area contributed by atoms with Crippen LogP contribution in [0.25, 0.3) is 0 Å². The molecule has 0 radical (unpaired) electrons. The zero-order valence-corrected chi connectivity index (χ0v) is 17.4. The molecular weight excluding hydrogens is 368 g/mol. The molecule has 0 saturated carbocycles. The number of morpholine rings is 1. The lowest BCUT2D eigenvalue weighted by Crippen LogP contribution is -2.44. The quantitative estimate of drug-likeness (QED) is 0.741. The normalized spacial score (nSPS) is 15.6. The van der Waals surface area contributed by atoms with E-state index >= 15 is 0 Å². The van der Waals surface area contributed by atoms with Crippen molar-refractivity contribution in [3.8, 4) is 11.5 Å². The number of rotatable bonds is 8. The summed E-state index contributed by atoms with van der Waals surface area (Å²) in [6.45, 7) is 7.69. The van der Waals surface area contributed by atoms with Crippen LogP contribution in [0.5, 0.6) is 11.5 Å².